The topological polar surface area (TPSA) is 237 Å². The van der Waals surface area contributed by atoms with Crippen LogP contribution in [0.3, 0.4) is 0 Å². The Kier molecular flexibility index (Phi) is 67.2. The van der Waals surface area contributed by atoms with Crippen molar-refractivity contribution in [2.24, 2.45) is 0 Å². The quantitative estimate of drug-likeness (QED) is 0.0169. The first kappa shape index (κ1) is 91.5. The summed E-state index contributed by atoms with van der Waals surface area (Å²) in [6.45, 7) is 4.91. The molecule has 0 aromatic heterocycles. The Balaban J connectivity index is 5.27. The third-order valence-corrected chi connectivity index (χ3v) is 18.9. The van der Waals surface area contributed by atoms with E-state index >= 15 is 0 Å². The minimum absolute atomic E-state index is 0.102. The van der Waals surface area contributed by atoms with Crippen molar-refractivity contribution in [1.29, 1.82) is 0 Å². The maximum absolute atomic E-state index is 13.1. The van der Waals surface area contributed by atoms with Crippen molar-refractivity contribution in [3.63, 3.8) is 0 Å². The van der Waals surface area contributed by atoms with Crippen LogP contribution in [0, 0.1) is 0 Å². The molecular formula is C75H142O17P2. The number of phosphoric acid groups is 2. The molecule has 0 aliphatic rings. The van der Waals surface area contributed by atoms with Crippen LogP contribution in [-0.2, 0) is 65.4 Å². The Morgan fingerprint density at radius 2 is 0.511 bits per heavy atom. The molecule has 3 N–H and O–H groups in total. The van der Waals surface area contributed by atoms with E-state index in [1.807, 2.05) is 0 Å². The molecule has 554 valence electrons. The molecule has 0 aromatic rings. The molecule has 0 heterocycles. The van der Waals surface area contributed by atoms with Gasteiger partial charge in [-0.25, -0.2) is 9.13 Å². The average Bonchev–Trinajstić information content (AvgIpc) is 2.63. The molecule has 0 saturated carbocycles. The van der Waals surface area contributed by atoms with E-state index in [-0.39, 0.29) is 25.7 Å². The number of allylic oxidation sites excluding steroid dienone is 4. The number of phosphoric ester groups is 2. The predicted octanol–water partition coefficient (Wildman–Crippen LogP) is 21.8. The molecule has 0 radical (unpaired) electrons. The highest BCUT2D eigenvalue weighted by Gasteiger charge is 2.30. The molecule has 0 bridgehead atoms. The van der Waals surface area contributed by atoms with E-state index in [1.165, 1.54) is 186 Å². The molecule has 0 aliphatic carbocycles. The van der Waals surface area contributed by atoms with Crippen molar-refractivity contribution < 1.29 is 80.2 Å². The van der Waals surface area contributed by atoms with Crippen molar-refractivity contribution in [3.8, 4) is 0 Å². The monoisotopic (exact) mass is 1380 g/mol. The van der Waals surface area contributed by atoms with Gasteiger partial charge in [0.2, 0.25) is 0 Å². The van der Waals surface area contributed by atoms with Crippen molar-refractivity contribution in [1.82, 2.24) is 0 Å². The summed E-state index contributed by atoms with van der Waals surface area (Å²) in [6.07, 6.45) is 61.7. The van der Waals surface area contributed by atoms with Crippen LogP contribution in [-0.4, -0.2) is 96.7 Å². The fourth-order valence-corrected chi connectivity index (χ4v) is 12.6. The van der Waals surface area contributed by atoms with Gasteiger partial charge in [0.05, 0.1) is 26.4 Å². The first-order chi connectivity index (χ1) is 45.7. The molecule has 0 amide bonds. The summed E-state index contributed by atoms with van der Waals surface area (Å²) in [4.78, 5) is 72.7. The van der Waals surface area contributed by atoms with Gasteiger partial charge in [0.25, 0.3) is 0 Å². The van der Waals surface area contributed by atoms with Gasteiger partial charge in [0.15, 0.2) is 12.2 Å². The second-order valence-corrected chi connectivity index (χ2v) is 29.3. The Morgan fingerprint density at radius 3 is 0.777 bits per heavy atom. The first-order valence-corrected chi connectivity index (χ1v) is 41.6. The minimum Gasteiger partial charge on any atom is -0.462 e. The molecule has 19 heteroatoms. The van der Waals surface area contributed by atoms with Crippen molar-refractivity contribution in [2.45, 2.75) is 393 Å². The van der Waals surface area contributed by atoms with E-state index in [2.05, 4.69) is 52.0 Å². The van der Waals surface area contributed by atoms with Crippen molar-refractivity contribution >= 4 is 39.5 Å². The highest BCUT2D eigenvalue weighted by molar-refractivity contribution is 7.47. The van der Waals surface area contributed by atoms with E-state index in [4.69, 9.17) is 37.0 Å². The lowest BCUT2D eigenvalue weighted by Crippen LogP contribution is -2.30. The predicted molar refractivity (Wildman–Crippen MR) is 381 cm³/mol. The van der Waals surface area contributed by atoms with Crippen molar-refractivity contribution in [3.05, 3.63) is 24.3 Å². The van der Waals surface area contributed by atoms with E-state index < -0.39 is 97.5 Å². The number of carbonyl (C=O) groups is 4. The minimum atomic E-state index is -4.96. The van der Waals surface area contributed by atoms with Crippen molar-refractivity contribution in [2.75, 3.05) is 39.6 Å². The SMILES string of the molecule is CCCCCC/C=C\C=C/CCCCCCCC(=O)OC[C@H](COP(=O)(O)OC[C@@H](O)COP(=O)(O)OC[C@@H](COC(=O)CCCCCCCCCCCC)OC(=O)CCCCCCCCCCCCCC)OC(=O)CCCCCCCCCCCCCCCCCCC. The van der Waals surface area contributed by atoms with Crippen LogP contribution >= 0.6 is 15.6 Å². The summed E-state index contributed by atoms with van der Waals surface area (Å²) in [5.41, 5.74) is 0. The van der Waals surface area contributed by atoms with Gasteiger partial charge in [-0.1, -0.05) is 322 Å². The average molecular weight is 1380 g/mol. The lowest BCUT2D eigenvalue weighted by atomic mass is 10.0. The standard InChI is InChI=1S/C75H142O17P2/c1-5-9-13-17-21-25-29-32-34-35-37-39-42-46-50-54-58-62-75(80)92-71(66-86-73(78)60-56-52-48-44-41-38-36-33-30-26-22-18-14-10-6-2)68-90-94(83,84)88-64-69(76)63-87-93(81,82)89-67-70(65-85-72(77)59-55-51-47-43-28-24-20-16-12-8-4)91-74(79)61-57-53-49-45-40-31-27-23-19-15-11-7-3/h26,30,33,36,69-71,76H,5-25,27-29,31-32,34-35,37-68H2,1-4H3,(H,81,82)(H,83,84)/b30-26-,36-33-/t69-,70+,71+/m0/s1. The van der Waals surface area contributed by atoms with Gasteiger partial charge in [-0.15, -0.1) is 0 Å². The molecule has 17 nitrogen and oxygen atoms in total. The summed E-state index contributed by atoms with van der Waals surface area (Å²) < 4.78 is 68.4. The van der Waals surface area contributed by atoms with Crippen LogP contribution in [0.5, 0.6) is 0 Å². The molecule has 0 rings (SSSR count). The molecule has 0 spiro atoms. The number of unbranched alkanes of at least 4 members (excludes halogenated alkanes) is 45. The Labute approximate surface area is 573 Å². The fourth-order valence-electron chi connectivity index (χ4n) is 11.0. The van der Waals surface area contributed by atoms with Gasteiger partial charge in [-0.3, -0.25) is 37.3 Å². The zero-order valence-corrected chi connectivity index (χ0v) is 62.2. The van der Waals surface area contributed by atoms with Gasteiger partial charge in [0.1, 0.15) is 19.3 Å². The maximum atomic E-state index is 13.1. The number of hydrogen-bond donors (Lipinski definition) is 3. The van der Waals surface area contributed by atoms with E-state index in [1.54, 1.807) is 0 Å². The summed E-state index contributed by atoms with van der Waals surface area (Å²) in [7, 11) is -9.92. The van der Waals surface area contributed by atoms with Gasteiger partial charge in [-0.05, 0) is 51.4 Å². The van der Waals surface area contributed by atoms with E-state index in [0.29, 0.717) is 25.7 Å². The summed E-state index contributed by atoms with van der Waals surface area (Å²) in [6, 6.07) is 0. The van der Waals surface area contributed by atoms with Crippen LogP contribution < -0.4 is 0 Å². The normalized spacial score (nSPS) is 14.1. The molecule has 0 saturated heterocycles. The highest BCUT2D eigenvalue weighted by Crippen LogP contribution is 2.45. The second-order valence-electron chi connectivity index (χ2n) is 26.4. The van der Waals surface area contributed by atoms with Gasteiger partial charge < -0.3 is 33.8 Å². The number of rotatable bonds is 74. The number of carbonyl (C=O) groups excluding carboxylic acids is 4. The van der Waals surface area contributed by atoms with Crippen LogP contribution in [0.2, 0.25) is 0 Å². The molecule has 2 unspecified atom stereocenters. The smallest absolute Gasteiger partial charge is 0.462 e. The first-order valence-electron chi connectivity index (χ1n) is 38.6. The molecule has 5 atom stereocenters. The number of ether oxygens (including phenoxy) is 4. The maximum Gasteiger partial charge on any atom is 0.472 e. The lowest BCUT2D eigenvalue weighted by Gasteiger charge is -2.21. The van der Waals surface area contributed by atoms with Gasteiger partial charge >= 0.3 is 39.5 Å². The van der Waals surface area contributed by atoms with Crippen LogP contribution in [0.25, 0.3) is 0 Å². The second kappa shape index (κ2) is 69.0. The van der Waals surface area contributed by atoms with Gasteiger partial charge in [-0.2, -0.15) is 0 Å². The number of hydrogen-bond acceptors (Lipinski definition) is 15. The number of aliphatic hydroxyl groups excluding tert-OH is 1. The van der Waals surface area contributed by atoms with E-state index in [9.17, 15) is 43.2 Å². The van der Waals surface area contributed by atoms with Crippen LogP contribution in [0.1, 0.15) is 374 Å². The third-order valence-electron chi connectivity index (χ3n) is 17.0. The Bertz CT molecular complexity index is 1880. The van der Waals surface area contributed by atoms with Crippen LogP contribution in [0.15, 0.2) is 24.3 Å². The Morgan fingerprint density at radius 1 is 0.298 bits per heavy atom. The molecular weight excluding hydrogens is 1230 g/mol. The molecule has 0 fully saturated rings. The molecule has 0 aromatic carbocycles. The van der Waals surface area contributed by atoms with Crippen LogP contribution in [0.4, 0.5) is 0 Å². The van der Waals surface area contributed by atoms with E-state index in [0.717, 1.165) is 109 Å². The fraction of sp³-hybridized carbons (Fsp3) is 0.893. The summed E-state index contributed by atoms with van der Waals surface area (Å²) in [5, 5.41) is 10.6. The third kappa shape index (κ3) is 68.1. The van der Waals surface area contributed by atoms with Gasteiger partial charge in [0, 0.05) is 25.7 Å². The number of aliphatic hydroxyl groups is 1. The zero-order chi connectivity index (χ0) is 69.0. The summed E-state index contributed by atoms with van der Waals surface area (Å²) >= 11 is 0. The largest absolute Gasteiger partial charge is 0.472 e. The number of esters is 4. The Hall–Kier alpha value is -2.46. The highest BCUT2D eigenvalue weighted by atomic mass is 31.2. The zero-order valence-electron chi connectivity index (χ0n) is 60.4. The molecule has 0 aliphatic heterocycles. The summed E-state index contributed by atoms with van der Waals surface area (Å²) in [5.74, 6) is -2.14. The lowest BCUT2D eigenvalue weighted by molar-refractivity contribution is -0.161. The molecule has 94 heavy (non-hydrogen) atoms.